The summed E-state index contributed by atoms with van der Waals surface area (Å²) in [7, 11) is 0. The molecule has 0 atom stereocenters. The van der Waals surface area contributed by atoms with Crippen LogP contribution >= 0.6 is 0 Å². The van der Waals surface area contributed by atoms with E-state index in [0.29, 0.717) is 0 Å². The molecule has 0 radical (unpaired) electrons. The highest BCUT2D eigenvalue weighted by atomic mass is 19.3. The van der Waals surface area contributed by atoms with Crippen LogP contribution in [0.3, 0.4) is 0 Å². The van der Waals surface area contributed by atoms with Crippen molar-refractivity contribution in [2.45, 2.75) is 6.05 Å². The molecule has 0 aliphatic heterocycles. The van der Waals surface area contributed by atoms with E-state index in [4.69, 9.17) is 5.53 Å². The van der Waals surface area contributed by atoms with Gasteiger partial charge in [0.25, 0.3) is 5.69 Å². The van der Waals surface area contributed by atoms with E-state index in [0.717, 1.165) is 24.3 Å². The second kappa shape index (κ2) is 3.89. The zero-order chi connectivity index (χ0) is 11.5. The van der Waals surface area contributed by atoms with Gasteiger partial charge in [-0.05, 0) is 22.8 Å². The van der Waals surface area contributed by atoms with Crippen LogP contribution in [0.25, 0.3) is 10.4 Å². The van der Waals surface area contributed by atoms with E-state index in [1.165, 1.54) is 0 Å². The Balaban J connectivity index is 3.08. The average molecular weight is 214 g/mol. The lowest BCUT2D eigenvalue weighted by Gasteiger charge is -2.08. The van der Waals surface area contributed by atoms with Gasteiger partial charge >= 0.3 is 6.05 Å². The normalized spacial score (nSPS) is 10.5. The monoisotopic (exact) mass is 214 g/mol. The van der Waals surface area contributed by atoms with Gasteiger partial charge in [-0.2, -0.15) is 8.78 Å². The minimum absolute atomic E-state index is 0.310. The van der Waals surface area contributed by atoms with Crippen molar-refractivity contribution >= 4 is 5.69 Å². The number of hydrogen-bond acceptors (Lipinski definition) is 3. The molecule has 8 heteroatoms. The summed E-state index contributed by atoms with van der Waals surface area (Å²) in [6.07, 6.45) is 0. The van der Waals surface area contributed by atoms with E-state index in [9.17, 15) is 18.9 Å². The first-order valence-electron chi connectivity index (χ1n) is 3.66. The van der Waals surface area contributed by atoms with Crippen molar-refractivity contribution < 1.29 is 13.7 Å². The summed E-state index contributed by atoms with van der Waals surface area (Å²) < 4.78 is 25.8. The summed E-state index contributed by atoms with van der Waals surface area (Å²) in [5.74, 6) is 0. The lowest BCUT2D eigenvalue weighted by molar-refractivity contribution is -0.384. The van der Waals surface area contributed by atoms with Crippen molar-refractivity contribution in [3.8, 4) is 0 Å². The molecule has 0 heterocycles. The number of rotatable bonds is 3. The lowest BCUT2D eigenvalue weighted by Crippen LogP contribution is -2.08. The van der Waals surface area contributed by atoms with Gasteiger partial charge in [-0.3, -0.25) is 10.1 Å². The number of nitrogens with zero attached hydrogens (tertiary/aromatic N) is 4. The van der Waals surface area contributed by atoms with Crippen LogP contribution in [-0.4, -0.2) is 4.92 Å². The summed E-state index contributed by atoms with van der Waals surface area (Å²) >= 11 is 0. The second-order valence-electron chi connectivity index (χ2n) is 2.53. The molecular formula is C7H4F2N4O2. The predicted octanol–water partition coefficient (Wildman–Crippen LogP) is 2.95. The largest absolute Gasteiger partial charge is 0.351 e. The molecule has 0 amide bonds. The summed E-state index contributed by atoms with van der Waals surface area (Å²) in [5, 5.41) is 12.5. The molecule has 1 aromatic rings. The minimum atomic E-state index is -3.69. The third kappa shape index (κ3) is 2.38. The first-order chi connectivity index (χ1) is 6.97. The number of azide groups is 1. The van der Waals surface area contributed by atoms with Crippen LogP contribution in [0.4, 0.5) is 14.5 Å². The molecule has 0 aromatic heterocycles. The standard InChI is InChI=1S/C7H4F2N4O2/c8-7(9,11-12-10)5-1-3-6(4-2-5)13(14)15/h1-4H. The summed E-state index contributed by atoms with van der Waals surface area (Å²) in [5.41, 5.74) is 6.97. The van der Waals surface area contributed by atoms with E-state index in [1.807, 2.05) is 4.91 Å². The molecule has 78 valence electrons. The van der Waals surface area contributed by atoms with Crippen LogP contribution in [0, 0.1) is 10.1 Å². The smallest absolute Gasteiger partial charge is 0.258 e. The molecule has 0 aliphatic carbocycles. The van der Waals surface area contributed by atoms with Crippen LogP contribution in [0.1, 0.15) is 5.56 Å². The summed E-state index contributed by atoms with van der Waals surface area (Å²) in [6.45, 7) is 0. The van der Waals surface area contributed by atoms with Gasteiger partial charge in [0.15, 0.2) is 0 Å². The van der Waals surface area contributed by atoms with E-state index in [2.05, 4.69) is 5.11 Å². The Labute approximate surface area is 81.9 Å². The fourth-order valence-electron chi connectivity index (χ4n) is 0.898. The van der Waals surface area contributed by atoms with Gasteiger partial charge in [0.05, 0.1) is 4.92 Å². The number of halogens is 2. The number of hydrogen-bond donors (Lipinski definition) is 0. The highest BCUT2D eigenvalue weighted by molar-refractivity contribution is 5.34. The topological polar surface area (TPSA) is 91.9 Å². The van der Waals surface area contributed by atoms with Crippen molar-refractivity contribution in [3.05, 3.63) is 50.4 Å². The number of nitro benzene ring substituents is 1. The van der Waals surface area contributed by atoms with Crippen molar-refractivity contribution in [1.82, 2.24) is 0 Å². The molecular weight excluding hydrogens is 210 g/mol. The molecule has 1 aromatic carbocycles. The quantitative estimate of drug-likeness (QED) is 0.193. The van der Waals surface area contributed by atoms with Crippen LogP contribution in [0.5, 0.6) is 0 Å². The van der Waals surface area contributed by atoms with E-state index >= 15 is 0 Å². The van der Waals surface area contributed by atoms with Crippen LogP contribution in [0.15, 0.2) is 29.4 Å². The molecule has 0 unspecified atom stereocenters. The van der Waals surface area contributed by atoms with E-state index < -0.39 is 16.5 Å². The second-order valence-corrected chi connectivity index (χ2v) is 2.53. The van der Waals surface area contributed by atoms with Crippen molar-refractivity contribution in [1.29, 1.82) is 0 Å². The molecule has 6 nitrogen and oxygen atoms in total. The molecule has 0 bridgehead atoms. The maximum Gasteiger partial charge on any atom is 0.351 e. The molecule has 0 N–H and O–H groups in total. The number of nitro groups is 1. The maximum atomic E-state index is 12.9. The number of alkyl halides is 2. The first kappa shape index (κ1) is 10.9. The molecule has 15 heavy (non-hydrogen) atoms. The Morgan fingerprint density at radius 2 is 1.93 bits per heavy atom. The minimum Gasteiger partial charge on any atom is -0.258 e. The van der Waals surface area contributed by atoms with Gasteiger partial charge in [0.2, 0.25) is 0 Å². The zero-order valence-corrected chi connectivity index (χ0v) is 7.17. The fourth-order valence-corrected chi connectivity index (χ4v) is 0.898. The Morgan fingerprint density at radius 3 is 2.33 bits per heavy atom. The number of non-ortho nitro benzene ring substituents is 1. The molecule has 0 spiro atoms. The average Bonchev–Trinajstić information content (AvgIpc) is 2.18. The molecule has 0 saturated carbocycles. The summed E-state index contributed by atoms with van der Waals surface area (Å²) in [4.78, 5) is 11.5. The SMILES string of the molecule is [N-]=[N+]=NC(F)(F)c1ccc([N+](=O)[O-])cc1. The van der Waals surface area contributed by atoms with Crippen LogP contribution in [0.2, 0.25) is 0 Å². The van der Waals surface area contributed by atoms with Crippen molar-refractivity contribution in [3.63, 3.8) is 0 Å². The van der Waals surface area contributed by atoms with E-state index in [1.54, 1.807) is 0 Å². The van der Waals surface area contributed by atoms with Gasteiger partial charge in [-0.15, -0.1) is 0 Å². The van der Waals surface area contributed by atoms with E-state index in [-0.39, 0.29) is 5.69 Å². The molecule has 0 saturated heterocycles. The number of benzene rings is 1. The van der Waals surface area contributed by atoms with Crippen LogP contribution in [-0.2, 0) is 6.05 Å². The van der Waals surface area contributed by atoms with Crippen LogP contribution < -0.4 is 0 Å². The van der Waals surface area contributed by atoms with Gasteiger partial charge in [0, 0.05) is 22.6 Å². The third-order valence-corrected chi connectivity index (χ3v) is 1.60. The van der Waals surface area contributed by atoms with Crippen molar-refractivity contribution in [2.75, 3.05) is 0 Å². The first-order valence-corrected chi connectivity index (χ1v) is 3.66. The maximum absolute atomic E-state index is 12.9. The Morgan fingerprint density at radius 1 is 1.40 bits per heavy atom. The van der Waals surface area contributed by atoms with Gasteiger partial charge in [0.1, 0.15) is 0 Å². The zero-order valence-electron chi connectivity index (χ0n) is 7.17. The molecule has 1 rings (SSSR count). The Kier molecular flexibility index (Phi) is 2.82. The Bertz CT molecular complexity index is 425. The lowest BCUT2D eigenvalue weighted by atomic mass is 10.2. The predicted molar refractivity (Wildman–Crippen MR) is 46.1 cm³/mol. The van der Waals surface area contributed by atoms with Crippen molar-refractivity contribution in [2.24, 2.45) is 5.11 Å². The van der Waals surface area contributed by atoms with Gasteiger partial charge < -0.3 is 0 Å². The molecule has 0 aliphatic rings. The fraction of sp³-hybridized carbons (Fsp3) is 0.143. The third-order valence-electron chi connectivity index (χ3n) is 1.60. The molecule has 0 fully saturated rings. The Hall–Kier alpha value is -2.21. The van der Waals surface area contributed by atoms with Gasteiger partial charge in [-0.1, -0.05) is 0 Å². The highest BCUT2D eigenvalue weighted by Gasteiger charge is 2.30. The van der Waals surface area contributed by atoms with Gasteiger partial charge in [-0.25, -0.2) is 0 Å². The summed E-state index contributed by atoms with van der Waals surface area (Å²) in [6, 6.07) is -0.185. The highest BCUT2D eigenvalue weighted by Crippen LogP contribution is 2.30.